The van der Waals surface area contributed by atoms with Gasteiger partial charge in [-0.1, -0.05) is 6.07 Å². The maximum atomic E-state index is 13.2. The summed E-state index contributed by atoms with van der Waals surface area (Å²) < 4.78 is 26.2. The van der Waals surface area contributed by atoms with Gasteiger partial charge in [-0.05, 0) is 40.1 Å². The Morgan fingerprint density at radius 2 is 2.10 bits per heavy atom. The number of benzene rings is 1. The second-order valence-corrected chi connectivity index (χ2v) is 6.34. The van der Waals surface area contributed by atoms with Crippen molar-refractivity contribution >= 4 is 29.0 Å². The molecule has 3 rings (SSSR count). The molecule has 0 aliphatic carbocycles. The molecule has 20 heavy (non-hydrogen) atoms. The van der Waals surface area contributed by atoms with E-state index in [2.05, 4.69) is 0 Å². The number of amides is 1. The highest BCUT2D eigenvalue weighted by atomic mass is 32.2. The number of hydrogen-bond acceptors (Lipinski definition) is 3. The van der Waals surface area contributed by atoms with Crippen molar-refractivity contribution in [3.8, 4) is 0 Å². The predicted molar refractivity (Wildman–Crippen MR) is 76.4 cm³/mol. The minimum absolute atomic E-state index is 0.0240. The third kappa shape index (κ3) is 2.58. The molecular formula is C14H11F2NOS2. The third-order valence-electron chi connectivity index (χ3n) is 3.13. The summed E-state index contributed by atoms with van der Waals surface area (Å²) in [6, 6.07) is 5.74. The van der Waals surface area contributed by atoms with Gasteiger partial charge in [-0.25, -0.2) is 8.78 Å². The number of thiophene rings is 1. The Hall–Kier alpha value is -1.40. The first-order chi connectivity index (χ1) is 9.65. The topological polar surface area (TPSA) is 20.3 Å². The maximum Gasteiger partial charge on any atom is 0.234 e. The first kappa shape index (κ1) is 13.6. The molecular weight excluding hydrogens is 300 g/mol. The van der Waals surface area contributed by atoms with Crippen LogP contribution in [0.1, 0.15) is 16.5 Å². The fourth-order valence-electron chi connectivity index (χ4n) is 2.15. The van der Waals surface area contributed by atoms with E-state index >= 15 is 0 Å². The SMILES string of the molecule is O=C1CSC(c2ccsc2)N1Cc1ccc(F)c(F)c1. The average Bonchev–Trinajstić information content (AvgIpc) is 3.05. The minimum atomic E-state index is -0.881. The van der Waals surface area contributed by atoms with Crippen LogP contribution in [0.4, 0.5) is 8.78 Å². The van der Waals surface area contributed by atoms with Crippen molar-refractivity contribution in [1.82, 2.24) is 4.90 Å². The van der Waals surface area contributed by atoms with Crippen molar-refractivity contribution in [2.45, 2.75) is 11.9 Å². The first-order valence-electron chi connectivity index (χ1n) is 6.02. The lowest BCUT2D eigenvalue weighted by Crippen LogP contribution is -2.27. The Kier molecular flexibility index (Phi) is 3.76. The second-order valence-electron chi connectivity index (χ2n) is 4.49. The molecule has 1 amide bonds. The molecule has 1 aromatic heterocycles. The van der Waals surface area contributed by atoms with Crippen LogP contribution in [0.3, 0.4) is 0 Å². The number of thioether (sulfide) groups is 1. The molecule has 0 bridgehead atoms. The van der Waals surface area contributed by atoms with Crippen LogP contribution in [-0.4, -0.2) is 16.6 Å². The van der Waals surface area contributed by atoms with E-state index in [0.29, 0.717) is 17.9 Å². The summed E-state index contributed by atoms with van der Waals surface area (Å²) in [4.78, 5) is 13.7. The standard InChI is InChI=1S/C14H11F2NOS2/c15-11-2-1-9(5-12(11)16)6-17-13(18)8-20-14(17)10-3-4-19-7-10/h1-5,7,14H,6,8H2. The highest BCUT2D eigenvalue weighted by Gasteiger charge is 2.33. The van der Waals surface area contributed by atoms with Crippen molar-refractivity contribution < 1.29 is 13.6 Å². The van der Waals surface area contributed by atoms with Crippen LogP contribution in [-0.2, 0) is 11.3 Å². The number of rotatable bonds is 3. The Labute approximate surface area is 123 Å². The normalized spacial score (nSPS) is 18.8. The predicted octanol–water partition coefficient (Wildman–Crippen LogP) is 3.80. The number of nitrogens with zero attached hydrogens (tertiary/aromatic N) is 1. The molecule has 0 saturated carbocycles. The summed E-state index contributed by atoms with van der Waals surface area (Å²) >= 11 is 3.14. The van der Waals surface area contributed by atoms with Gasteiger partial charge in [0, 0.05) is 6.54 Å². The fourth-order valence-corrected chi connectivity index (χ4v) is 4.09. The average molecular weight is 311 g/mol. The summed E-state index contributed by atoms with van der Waals surface area (Å²) in [7, 11) is 0. The van der Waals surface area contributed by atoms with Crippen molar-refractivity contribution in [3.05, 3.63) is 57.8 Å². The van der Waals surface area contributed by atoms with Gasteiger partial charge in [0.15, 0.2) is 11.6 Å². The minimum Gasteiger partial charge on any atom is -0.321 e. The zero-order valence-corrected chi connectivity index (χ0v) is 12.0. The van der Waals surface area contributed by atoms with Crippen LogP contribution in [0.25, 0.3) is 0 Å². The van der Waals surface area contributed by atoms with E-state index in [1.165, 1.54) is 6.07 Å². The molecule has 0 radical (unpaired) electrons. The first-order valence-corrected chi connectivity index (χ1v) is 8.01. The van der Waals surface area contributed by atoms with Crippen LogP contribution in [0.2, 0.25) is 0 Å². The van der Waals surface area contributed by atoms with Crippen LogP contribution >= 0.6 is 23.1 Å². The molecule has 6 heteroatoms. The number of hydrogen-bond donors (Lipinski definition) is 0. The fraction of sp³-hybridized carbons (Fsp3) is 0.214. The number of carbonyl (C=O) groups is 1. The zero-order chi connectivity index (χ0) is 14.1. The highest BCUT2D eigenvalue weighted by Crippen LogP contribution is 2.40. The molecule has 2 aromatic rings. The van der Waals surface area contributed by atoms with E-state index in [4.69, 9.17) is 0 Å². The molecule has 0 N–H and O–H groups in total. The molecule has 1 aliphatic rings. The van der Waals surface area contributed by atoms with E-state index in [9.17, 15) is 13.6 Å². The van der Waals surface area contributed by atoms with Gasteiger partial charge in [0.05, 0.1) is 5.75 Å². The third-order valence-corrected chi connectivity index (χ3v) is 5.09. The van der Waals surface area contributed by atoms with Crippen molar-refractivity contribution in [2.24, 2.45) is 0 Å². The van der Waals surface area contributed by atoms with Gasteiger partial charge in [0.2, 0.25) is 5.91 Å². The largest absolute Gasteiger partial charge is 0.321 e. The van der Waals surface area contributed by atoms with E-state index < -0.39 is 11.6 Å². The van der Waals surface area contributed by atoms with Gasteiger partial charge < -0.3 is 4.90 Å². The quantitative estimate of drug-likeness (QED) is 0.859. The summed E-state index contributed by atoms with van der Waals surface area (Å²) in [6.07, 6.45) is 0. The lowest BCUT2D eigenvalue weighted by Gasteiger charge is -2.23. The van der Waals surface area contributed by atoms with E-state index in [1.54, 1.807) is 28.0 Å². The number of carbonyl (C=O) groups excluding carboxylic acids is 1. The summed E-state index contributed by atoms with van der Waals surface area (Å²) in [6.45, 7) is 0.295. The molecule has 1 unspecified atom stereocenters. The maximum absolute atomic E-state index is 13.2. The van der Waals surface area contributed by atoms with Crippen LogP contribution < -0.4 is 0 Å². The molecule has 1 fully saturated rings. The molecule has 0 spiro atoms. The van der Waals surface area contributed by atoms with E-state index in [-0.39, 0.29) is 11.3 Å². The lowest BCUT2D eigenvalue weighted by molar-refractivity contribution is -0.128. The van der Waals surface area contributed by atoms with Crippen molar-refractivity contribution in [3.63, 3.8) is 0 Å². The Balaban J connectivity index is 1.83. The molecule has 1 aliphatic heterocycles. The summed E-state index contributed by atoms with van der Waals surface area (Å²) in [5, 5.41) is 3.94. The monoisotopic (exact) mass is 311 g/mol. The smallest absolute Gasteiger partial charge is 0.234 e. The van der Waals surface area contributed by atoms with Crippen molar-refractivity contribution in [1.29, 1.82) is 0 Å². The summed E-state index contributed by atoms with van der Waals surface area (Å²) in [5.74, 6) is -1.31. The van der Waals surface area contributed by atoms with Crippen LogP contribution in [0.5, 0.6) is 0 Å². The summed E-state index contributed by atoms with van der Waals surface area (Å²) in [5.41, 5.74) is 1.67. The van der Waals surface area contributed by atoms with Gasteiger partial charge in [-0.2, -0.15) is 11.3 Å². The second kappa shape index (κ2) is 5.54. The molecule has 1 aromatic carbocycles. The van der Waals surface area contributed by atoms with Crippen LogP contribution in [0.15, 0.2) is 35.0 Å². The molecule has 1 saturated heterocycles. The van der Waals surface area contributed by atoms with Gasteiger partial charge in [-0.15, -0.1) is 11.8 Å². The van der Waals surface area contributed by atoms with Gasteiger partial charge in [-0.3, -0.25) is 4.79 Å². The van der Waals surface area contributed by atoms with Crippen molar-refractivity contribution in [2.75, 3.05) is 5.75 Å². The lowest BCUT2D eigenvalue weighted by atomic mass is 10.2. The van der Waals surface area contributed by atoms with Gasteiger partial charge in [0.25, 0.3) is 0 Å². The zero-order valence-electron chi connectivity index (χ0n) is 10.4. The molecule has 2 nitrogen and oxygen atoms in total. The Bertz CT molecular complexity index is 630. The molecule has 104 valence electrons. The number of halogens is 2. The molecule has 2 heterocycles. The Morgan fingerprint density at radius 1 is 1.25 bits per heavy atom. The highest BCUT2D eigenvalue weighted by molar-refractivity contribution is 8.00. The van der Waals surface area contributed by atoms with Crippen LogP contribution in [0, 0.1) is 11.6 Å². The van der Waals surface area contributed by atoms with E-state index in [0.717, 1.165) is 17.7 Å². The van der Waals surface area contributed by atoms with Gasteiger partial charge >= 0.3 is 0 Å². The Morgan fingerprint density at radius 3 is 2.80 bits per heavy atom. The van der Waals surface area contributed by atoms with Gasteiger partial charge in [0.1, 0.15) is 5.37 Å². The molecule has 1 atom stereocenters. The van der Waals surface area contributed by atoms with E-state index in [1.807, 2.05) is 16.8 Å².